The fourth-order valence-corrected chi connectivity index (χ4v) is 2.93. The standard InChI is InChI=1S/C25H29N3O4/c1-2-30-13-14-31-18-21-8-5-10-22(15-21)28-25(29)27-17-20-7-6-11-24(16-20)32-19-23-9-3-4-12-26-23/h3-12,15-16H,2,13-14,17-19H2,1H3,(H2,27,28,29). The van der Waals surface area contributed by atoms with Gasteiger partial charge in [0, 0.05) is 25.0 Å². The first-order valence-electron chi connectivity index (χ1n) is 10.6. The van der Waals surface area contributed by atoms with Gasteiger partial charge in [0.05, 0.1) is 25.5 Å². The quantitative estimate of drug-likeness (QED) is 0.408. The van der Waals surface area contributed by atoms with E-state index in [1.165, 1.54) is 0 Å². The second kappa shape index (κ2) is 13.1. The molecule has 3 rings (SSSR count). The highest BCUT2D eigenvalue weighted by molar-refractivity contribution is 5.89. The van der Waals surface area contributed by atoms with Crippen molar-refractivity contribution in [2.75, 3.05) is 25.1 Å². The topological polar surface area (TPSA) is 81.7 Å². The molecular weight excluding hydrogens is 406 g/mol. The van der Waals surface area contributed by atoms with Gasteiger partial charge in [0.2, 0.25) is 0 Å². The molecule has 1 heterocycles. The van der Waals surface area contributed by atoms with E-state index >= 15 is 0 Å². The summed E-state index contributed by atoms with van der Waals surface area (Å²) in [6, 6.07) is 20.6. The average Bonchev–Trinajstić information content (AvgIpc) is 2.82. The van der Waals surface area contributed by atoms with Crippen LogP contribution in [-0.2, 0) is 29.2 Å². The van der Waals surface area contributed by atoms with Gasteiger partial charge in [-0.1, -0.05) is 30.3 Å². The van der Waals surface area contributed by atoms with Crippen molar-refractivity contribution in [2.45, 2.75) is 26.7 Å². The predicted molar refractivity (Wildman–Crippen MR) is 123 cm³/mol. The lowest BCUT2D eigenvalue weighted by molar-refractivity contribution is 0.0453. The number of nitrogens with zero attached hydrogens (tertiary/aromatic N) is 1. The third-order valence-corrected chi connectivity index (χ3v) is 4.49. The Morgan fingerprint density at radius 1 is 0.906 bits per heavy atom. The van der Waals surface area contributed by atoms with Crippen LogP contribution in [0.4, 0.5) is 10.5 Å². The van der Waals surface area contributed by atoms with Gasteiger partial charge in [-0.05, 0) is 54.4 Å². The predicted octanol–water partition coefficient (Wildman–Crippen LogP) is 4.54. The number of carbonyl (C=O) groups excluding carboxylic acids is 1. The molecular formula is C25H29N3O4. The Kier molecular flexibility index (Phi) is 9.51. The number of nitrogens with one attached hydrogen (secondary N) is 2. The molecule has 32 heavy (non-hydrogen) atoms. The van der Waals surface area contributed by atoms with Gasteiger partial charge in [-0.2, -0.15) is 0 Å². The second-order valence-electron chi connectivity index (χ2n) is 7.01. The van der Waals surface area contributed by atoms with Gasteiger partial charge in [0.15, 0.2) is 0 Å². The molecule has 0 aliphatic heterocycles. The smallest absolute Gasteiger partial charge is 0.319 e. The maximum Gasteiger partial charge on any atom is 0.319 e. The lowest BCUT2D eigenvalue weighted by Gasteiger charge is -2.11. The summed E-state index contributed by atoms with van der Waals surface area (Å²) in [7, 11) is 0. The fraction of sp³-hybridized carbons (Fsp3) is 0.280. The highest BCUT2D eigenvalue weighted by Gasteiger charge is 2.04. The lowest BCUT2D eigenvalue weighted by atomic mass is 10.2. The van der Waals surface area contributed by atoms with E-state index in [0.29, 0.717) is 45.3 Å². The molecule has 0 radical (unpaired) electrons. The molecule has 0 atom stereocenters. The van der Waals surface area contributed by atoms with Crippen molar-refractivity contribution in [3.8, 4) is 5.75 Å². The van der Waals surface area contributed by atoms with Crippen molar-refractivity contribution in [1.29, 1.82) is 0 Å². The molecule has 1 aromatic heterocycles. The van der Waals surface area contributed by atoms with E-state index in [2.05, 4.69) is 15.6 Å². The minimum absolute atomic E-state index is 0.278. The highest BCUT2D eigenvalue weighted by atomic mass is 16.5. The van der Waals surface area contributed by atoms with Gasteiger partial charge in [-0.15, -0.1) is 0 Å². The molecule has 0 saturated carbocycles. The van der Waals surface area contributed by atoms with Crippen LogP contribution < -0.4 is 15.4 Å². The molecule has 3 aromatic rings. The monoisotopic (exact) mass is 435 g/mol. The molecule has 0 aliphatic carbocycles. The molecule has 7 nitrogen and oxygen atoms in total. The van der Waals surface area contributed by atoms with Crippen LogP contribution in [-0.4, -0.2) is 30.8 Å². The summed E-state index contributed by atoms with van der Waals surface area (Å²) in [4.78, 5) is 16.6. The maximum atomic E-state index is 12.3. The molecule has 0 unspecified atom stereocenters. The van der Waals surface area contributed by atoms with Gasteiger partial charge in [-0.25, -0.2) is 4.79 Å². The number of rotatable bonds is 12. The van der Waals surface area contributed by atoms with E-state index in [1.54, 1.807) is 6.20 Å². The zero-order valence-corrected chi connectivity index (χ0v) is 18.3. The summed E-state index contributed by atoms with van der Waals surface area (Å²) < 4.78 is 16.6. The van der Waals surface area contributed by atoms with Crippen LogP contribution in [0.2, 0.25) is 0 Å². The average molecular weight is 436 g/mol. The van der Waals surface area contributed by atoms with Crippen molar-refractivity contribution in [1.82, 2.24) is 10.3 Å². The Hall–Kier alpha value is -3.42. The molecule has 0 spiro atoms. The number of pyridine rings is 1. The normalized spacial score (nSPS) is 10.5. The molecule has 0 aliphatic rings. The van der Waals surface area contributed by atoms with E-state index in [0.717, 1.165) is 22.6 Å². The second-order valence-corrected chi connectivity index (χ2v) is 7.01. The zero-order chi connectivity index (χ0) is 22.4. The first-order valence-corrected chi connectivity index (χ1v) is 10.6. The van der Waals surface area contributed by atoms with E-state index < -0.39 is 0 Å². The third-order valence-electron chi connectivity index (χ3n) is 4.49. The van der Waals surface area contributed by atoms with Crippen LogP contribution >= 0.6 is 0 Å². The van der Waals surface area contributed by atoms with Gasteiger partial charge in [0.25, 0.3) is 0 Å². The summed E-state index contributed by atoms with van der Waals surface area (Å²) in [6.07, 6.45) is 1.74. The molecule has 0 fully saturated rings. The number of anilines is 1. The maximum absolute atomic E-state index is 12.3. The number of benzene rings is 2. The number of hydrogen-bond acceptors (Lipinski definition) is 5. The Balaban J connectivity index is 1.43. The van der Waals surface area contributed by atoms with Crippen LogP contribution in [0, 0.1) is 0 Å². The number of aromatic nitrogens is 1. The minimum atomic E-state index is -0.278. The third kappa shape index (κ3) is 8.37. The molecule has 0 bridgehead atoms. The van der Waals surface area contributed by atoms with Crippen molar-refractivity contribution < 1.29 is 19.0 Å². The number of urea groups is 1. The minimum Gasteiger partial charge on any atom is -0.487 e. The number of amides is 2. The van der Waals surface area contributed by atoms with Crippen molar-refractivity contribution >= 4 is 11.7 Å². The number of ether oxygens (including phenoxy) is 3. The highest BCUT2D eigenvalue weighted by Crippen LogP contribution is 2.15. The van der Waals surface area contributed by atoms with Crippen LogP contribution in [0.5, 0.6) is 5.75 Å². The Bertz CT molecular complexity index is 966. The molecule has 2 N–H and O–H groups in total. The molecule has 0 saturated heterocycles. The van der Waals surface area contributed by atoms with E-state index in [1.807, 2.05) is 73.7 Å². The van der Waals surface area contributed by atoms with E-state index in [9.17, 15) is 4.79 Å². The van der Waals surface area contributed by atoms with E-state index in [4.69, 9.17) is 14.2 Å². The van der Waals surface area contributed by atoms with Gasteiger partial charge in [-0.3, -0.25) is 4.98 Å². The van der Waals surface area contributed by atoms with Crippen LogP contribution in [0.15, 0.2) is 72.9 Å². The van der Waals surface area contributed by atoms with Crippen LogP contribution in [0.3, 0.4) is 0 Å². The Morgan fingerprint density at radius 2 is 1.75 bits per heavy atom. The first-order chi connectivity index (χ1) is 15.7. The van der Waals surface area contributed by atoms with Crippen molar-refractivity contribution in [2.24, 2.45) is 0 Å². The van der Waals surface area contributed by atoms with Crippen molar-refractivity contribution in [3.63, 3.8) is 0 Å². The van der Waals surface area contributed by atoms with Crippen molar-refractivity contribution in [3.05, 3.63) is 89.7 Å². The summed E-state index contributed by atoms with van der Waals surface area (Å²) >= 11 is 0. The molecule has 7 heteroatoms. The summed E-state index contributed by atoms with van der Waals surface area (Å²) in [5, 5.41) is 5.72. The van der Waals surface area contributed by atoms with Crippen LogP contribution in [0.25, 0.3) is 0 Å². The largest absolute Gasteiger partial charge is 0.487 e. The zero-order valence-electron chi connectivity index (χ0n) is 18.3. The fourth-order valence-electron chi connectivity index (χ4n) is 2.93. The van der Waals surface area contributed by atoms with Gasteiger partial charge in [0.1, 0.15) is 12.4 Å². The number of hydrogen-bond donors (Lipinski definition) is 2. The molecule has 168 valence electrons. The Labute approximate surface area is 188 Å². The van der Waals surface area contributed by atoms with E-state index in [-0.39, 0.29) is 6.03 Å². The molecule has 2 aromatic carbocycles. The SMILES string of the molecule is CCOCCOCc1cccc(NC(=O)NCc2cccc(OCc3ccccn3)c2)c1. The van der Waals surface area contributed by atoms with Crippen LogP contribution in [0.1, 0.15) is 23.7 Å². The summed E-state index contributed by atoms with van der Waals surface area (Å²) in [5.41, 5.74) is 3.49. The first kappa shape index (κ1) is 23.2. The summed E-state index contributed by atoms with van der Waals surface area (Å²) in [6.45, 7) is 4.99. The Morgan fingerprint density at radius 3 is 2.59 bits per heavy atom. The summed E-state index contributed by atoms with van der Waals surface area (Å²) in [5.74, 6) is 0.729. The van der Waals surface area contributed by atoms with Gasteiger partial charge < -0.3 is 24.8 Å². The lowest BCUT2D eigenvalue weighted by Crippen LogP contribution is -2.28. The van der Waals surface area contributed by atoms with Gasteiger partial charge >= 0.3 is 6.03 Å². The molecule has 2 amide bonds. The number of carbonyl (C=O) groups is 1.